The number of nitrogens with one attached hydrogen (secondary N) is 2. The summed E-state index contributed by atoms with van der Waals surface area (Å²) in [7, 11) is -3.40. The van der Waals surface area contributed by atoms with Crippen molar-refractivity contribution >= 4 is 33.4 Å². The van der Waals surface area contributed by atoms with Gasteiger partial charge in [-0.3, -0.25) is 19.1 Å². The fourth-order valence-corrected chi connectivity index (χ4v) is 2.69. The van der Waals surface area contributed by atoms with Crippen LogP contribution in [0.25, 0.3) is 0 Å². The van der Waals surface area contributed by atoms with Crippen LogP contribution in [0.1, 0.15) is 44.0 Å². The van der Waals surface area contributed by atoms with E-state index in [1.807, 2.05) is 13.8 Å². The molecule has 0 saturated carbocycles. The van der Waals surface area contributed by atoms with Crippen molar-refractivity contribution in [3.05, 3.63) is 29.8 Å². The number of rotatable bonds is 10. The molecule has 9 heteroatoms. The van der Waals surface area contributed by atoms with Gasteiger partial charge in [-0.2, -0.15) is 0 Å². The maximum Gasteiger partial charge on any atom is 0.326 e. The molecule has 1 aromatic rings. The quantitative estimate of drug-likeness (QED) is 0.458. The van der Waals surface area contributed by atoms with Crippen molar-refractivity contribution in [1.82, 2.24) is 5.32 Å². The Balaban J connectivity index is 2.51. The van der Waals surface area contributed by atoms with Gasteiger partial charge >= 0.3 is 5.97 Å². The largest absolute Gasteiger partial charge is 0.453 e. The van der Waals surface area contributed by atoms with E-state index >= 15 is 0 Å². The van der Waals surface area contributed by atoms with Gasteiger partial charge in [-0.05, 0) is 43.5 Å². The Labute approximate surface area is 159 Å². The second kappa shape index (κ2) is 10.1. The van der Waals surface area contributed by atoms with Crippen LogP contribution in [0.3, 0.4) is 0 Å². The Morgan fingerprint density at radius 2 is 1.67 bits per heavy atom. The molecule has 0 aliphatic heterocycles. The lowest BCUT2D eigenvalue weighted by molar-refractivity contribution is -0.146. The highest BCUT2D eigenvalue weighted by atomic mass is 32.2. The zero-order valence-corrected chi connectivity index (χ0v) is 16.8. The van der Waals surface area contributed by atoms with Gasteiger partial charge in [-0.15, -0.1) is 0 Å². The van der Waals surface area contributed by atoms with E-state index in [0.717, 1.165) is 12.7 Å². The first-order valence-corrected chi connectivity index (χ1v) is 10.5. The third-order valence-corrected chi connectivity index (χ3v) is 4.14. The minimum atomic E-state index is -3.40. The molecule has 0 radical (unpaired) electrons. The number of hydrogen-bond donors (Lipinski definition) is 2. The Bertz CT molecular complexity index is 772. The molecule has 8 nitrogen and oxygen atoms in total. The molecule has 1 amide bonds. The van der Waals surface area contributed by atoms with Gasteiger partial charge in [0.05, 0.1) is 6.26 Å². The number of carbonyl (C=O) groups excluding carboxylic acids is 3. The topological polar surface area (TPSA) is 119 Å². The van der Waals surface area contributed by atoms with Gasteiger partial charge in [0.25, 0.3) is 0 Å². The summed E-state index contributed by atoms with van der Waals surface area (Å²) in [5.74, 6) is -0.988. The van der Waals surface area contributed by atoms with Gasteiger partial charge < -0.3 is 10.1 Å². The predicted octanol–water partition coefficient (Wildman–Crippen LogP) is 1.72. The molecule has 0 aromatic heterocycles. The summed E-state index contributed by atoms with van der Waals surface area (Å²) < 4.78 is 29.7. The fourth-order valence-electron chi connectivity index (χ4n) is 2.12. The molecule has 0 aliphatic rings. The van der Waals surface area contributed by atoms with Crippen molar-refractivity contribution in [2.75, 3.05) is 17.5 Å². The van der Waals surface area contributed by atoms with Crippen LogP contribution in [0, 0.1) is 5.92 Å². The second-order valence-corrected chi connectivity index (χ2v) is 8.41. The lowest BCUT2D eigenvalue weighted by Gasteiger charge is -2.13. The number of Topliss-reactive ketones (excluding diaryl/α,β-unsaturated/α-hetero) is 1. The van der Waals surface area contributed by atoms with E-state index in [1.165, 1.54) is 31.2 Å². The van der Waals surface area contributed by atoms with E-state index in [-0.39, 0.29) is 18.0 Å². The third-order valence-electron chi connectivity index (χ3n) is 3.53. The summed E-state index contributed by atoms with van der Waals surface area (Å²) in [4.78, 5) is 35.7. The second-order valence-electron chi connectivity index (χ2n) is 6.66. The molecule has 1 aromatic carbocycles. The number of carbonyl (C=O) groups is 3. The van der Waals surface area contributed by atoms with Crippen molar-refractivity contribution < 1.29 is 27.5 Å². The van der Waals surface area contributed by atoms with Gasteiger partial charge in [-0.1, -0.05) is 13.8 Å². The number of benzene rings is 1. The first-order chi connectivity index (χ1) is 12.5. The molecule has 0 saturated heterocycles. The Morgan fingerprint density at radius 1 is 1.07 bits per heavy atom. The molecule has 1 atom stereocenters. The number of ether oxygens (including phenoxy) is 1. The number of hydrogen-bond acceptors (Lipinski definition) is 6. The monoisotopic (exact) mass is 398 g/mol. The van der Waals surface area contributed by atoms with Crippen molar-refractivity contribution in [2.24, 2.45) is 5.92 Å². The van der Waals surface area contributed by atoms with Gasteiger partial charge in [0.2, 0.25) is 21.7 Å². The average Bonchev–Trinajstić information content (AvgIpc) is 2.56. The summed E-state index contributed by atoms with van der Waals surface area (Å²) in [6, 6.07) is 5.76. The summed E-state index contributed by atoms with van der Waals surface area (Å²) in [6.07, 6.45) is 1.04. The summed E-state index contributed by atoms with van der Waals surface area (Å²) in [5.41, 5.74) is 0.595. The van der Waals surface area contributed by atoms with E-state index in [9.17, 15) is 22.8 Å². The first kappa shape index (κ1) is 22.6. The van der Waals surface area contributed by atoms with Crippen LogP contribution in [0.4, 0.5) is 5.69 Å². The Hall–Kier alpha value is -2.42. The third kappa shape index (κ3) is 9.18. The highest BCUT2D eigenvalue weighted by Crippen LogP contribution is 2.13. The number of esters is 1. The average molecular weight is 398 g/mol. The minimum absolute atomic E-state index is 0.242. The molecule has 27 heavy (non-hydrogen) atoms. The molecule has 0 fully saturated rings. The van der Waals surface area contributed by atoms with E-state index in [2.05, 4.69) is 10.0 Å². The smallest absolute Gasteiger partial charge is 0.326 e. The molecule has 0 heterocycles. The van der Waals surface area contributed by atoms with Crippen LogP contribution < -0.4 is 10.0 Å². The fraction of sp³-hybridized carbons (Fsp3) is 0.500. The number of amides is 1. The lowest BCUT2D eigenvalue weighted by atomic mass is 10.1. The molecular formula is C18H26N2O6S. The van der Waals surface area contributed by atoms with Crippen LogP contribution in [-0.4, -0.2) is 45.0 Å². The minimum Gasteiger partial charge on any atom is -0.453 e. The van der Waals surface area contributed by atoms with E-state index < -0.39 is 27.9 Å². The van der Waals surface area contributed by atoms with Crippen molar-refractivity contribution in [2.45, 2.75) is 39.7 Å². The maximum atomic E-state index is 12.3. The Morgan fingerprint density at radius 3 is 2.19 bits per heavy atom. The van der Waals surface area contributed by atoms with E-state index in [0.29, 0.717) is 18.0 Å². The summed E-state index contributed by atoms with van der Waals surface area (Å²) in [5, 5.41) is 2.46. The highest BCUT2D eigenvalue weighted by molar-refractivity contribution is 7.92. The first-order valence-electron chi connectivity index (χ1n) is 8.56. The van der Waals surface area contributed by atoms with Gasteiger partial charge in [0, 0.05) is 17.7 Å². The van der Waals surface area contributed by atoms with Crippen LogP contribution >= 0.6 is 0 Å². The van der Waals surface area contributed by atoms with Crippen LogP contribution in [0.15, 0.2) is 24.3 Å². The zero-order chi connectivity index (χ0) is 20.6. The highest BCUT2D eigenvalue weighted by Gasteiger charge is 2.20. The van der Waals surface area contributed by atoms with E-state index in [1.54, 1.807) is 0 Å². The molecular weight excluding hydrogens is 372 g/mol. The van der Waals surface area contributed by atoms with Gasteiger partial charge in [0.15, 0.2) is 6.10 Å². The molecule has 1 unspecified atom stereocenters. The Kier molecular flexibility index (Phi) is 8.42. The standard InChI is InChI=1S/C18H26N2O6S/c1-12(2)5-10-16(21)19-11-17(22)26-13(3)18(23)14-6-8-15(9-7-14)20-27(4,24)25/h6-9,12-13,20H,5,10-11H2,1-4H3,(H,19,21). The summed E-state index contributed by atoms with van der Waals surface area (Å²) in [6.45, 7) is 5.13. The molecule has 0 aliphatic carbocycles. The van der Waals surface area contributed by atoms with Crippen LogP contribution in [0.5, 0.6) is 0 Å². The summed E-state index contributed by atoms with van der Waals surface area (Å²) >= 11 is 0. The number of ketones is 1. The molecule has 0 bridgehead atoms. The lowest BCUT2D eigenvalue weighted by Crippen LogP contribution is -2.34. The maximum absolute atomic E-state index is 12.3. The van der Waals surface area contributed by atoms with E-state index in [4.69, 9.17) is 4.74 Å². The molecule has 2 N–H and O–H groups in total. The number of sulfonamides is 1. The SMILES string of the molecule is CC(C)CCC(=O)NCC(=O)OC(C)C(=O)c1ccc(NS(C)(=O)=O)cc1. The molecule has 150 valence electrons. The van der Waals surface area contributed by atoms with Gasteiger partial charge in [-0.25, -0.2) is 8.42 Å². The number of anilines is 1. The normalized spacial score (nSPS) is 12.3. The van der Waals surface area contributed by atoms with Crippen LogP contribution in [-0.2, 0) is 24.3 Å². The van der Waals surface area contributed by atoms with Crippen molar-refractivity contribution in [3.63, 3.8) is 0 Å². The predicted molar refractivity (Wildman–Crippen MR) is 102 cm³/mol. The van der Waals surface area contributed by atoms with Crippen molar-refractivity contribution in [1.29, 1.82) is 0 Å². The molecule has 1 rings (SSSR count). The molecule has 0 spiro atoms. The zero-order valence-electron chi connectivity index (χ0n) is 15.9. The van der Waals surface area contributed by atoms with Crippen molar-refractivity contribution in [3.8, 4) is 0 Å². The van der Waals surface area contributed by atoms with Gasteiger partial charge in [0.1, 0.15) is 6.54 Å². The van der Waals surface area contributed by atoms with Crippen LogP contribution in [0.2, 0.25) is 0 Å².